The van der Waals surface area contributed by atoms with Crippen molar-refractivity contribution in [3.63, 3.8) is 0 Å². The van der Waals surface area contributed by atoms with Crippen LogP contribution in [0.25, 0.3) is 0 Å². The van der Waals surface area contributed by atoms with E-state index >= 15 is 0 Å². The lowest BCUT2D eigenvalue weighted by Crippen LogP contribution is -2.42. The van der Waals surface area contributed by atoms with E-state index in [1.54, 1.807) is 0 Å². The molecule has 0 aromatic carbocycles. The Morgan fingerprint density at radius 3 is 2.24 bits per heavy atom. The van der Waals surface area contributed by atoms with E-state index in [0.29, 0.717) is 12.1 Å². The molecule has 17 heavy (non-hydrogen) atoms. The van der Waals surface area contributed by atoms with Gasteiger partial charge in [-0.1, -0.05) is 0 Å². The van der Waals surface area contributed by atoms with Crippen molar-refractivity contribution in [1.82, 2.24) is 4.90 Å². The lowest BCUT2D eigenvalue weighted by atomic mass is 9.87. The van der Waals surface area contributed by atoms with E-state index in [1.165, 1.54) is 19.1 Å². The smallest absolute Gasteiger partial charge is 0.147 e. The van der Waals surface area contributed by atoms with Crippen LogP contribution in [-0.2, 0) is 14.6 Å². The number of rotatable bonds is 4. The summed E-state index contributed by atoms with van der Waals surface area (Å²) in [5.74, 6) is 0.263. The maximum absolute atomic E-state index is 12.0. The zero-order chi connectivity index (χ0) is 12.6. The number of hydrogen-bond donors (Lipinski definition) is 0. The highest BCUT2D eigenvalue weighted by Crippen LogP contribution is 2.38. The minimum absolute atomic E-state index is 0.00745. The standard InChI is InChI=1S/C12H21NO3S/c1-13-10-3-4-11(13)8-9(7-10)12(14)5-6-17(2,15)16/h9-11H,3-8H2,1-2H3. The monoisotopic (exact) mass is 259 g/mol. The van der Waals surface area contributed by atoms with Crippen molar-refractivity contribution in [1.29, 1.82) is 0 Å². The number of piperidine rings is 1. The average molecular weight is 259 g/mol. The van der Waals surface area contributed by atoms with Crippen molar-refractivity contribution in [3.8, 4) is 0 Å². The molecular formula is C12H21NO3S. The van der Waals surface area contributed by atoms with E-state index in [-0.39, 0.29) is 23.9 Å². The first kappa shape index (κ1) is 13.0. The van der Waals surface area contributed by atoms with Gasteiger partial charge in [0.15, 0.2) is 0 Å². The van der Waals surface area contributed by atoms with Crippen LogP contribution in [0.1, 0.15) is 32.1 Å². The normalized spacial score (nSPS) is 33.9. The van der Waals surface area contributed by atoms with Crippen LogP contribution >= 0.6 is 0 Å². The van der Waals surface area contributed by atoms with Gasteiger partial charge in [-0.3, -0.25) is 4.79 Å². The van der Waals surface area contributed by atoms with Crippen LogP contribution in [0.15, 0.2) is 0 Å². The van der Waals surface area contributed by atoms with Crippen molar-refractivity contribution in [2.24, 2.45) is 5.92 Å². The van der Waals surface area contributed by atoms with Crippen LogP contribution in [0.3, 0.4) is 0 Å². The maximum atomic E-state index is 12.0. The number of Topliss-reactive ketones (excluding diaryl/α,β-unsaturated/α-hetero) is 1. The van der Waals surface area contributed by atoms with Crippen molar-refractivity contribution >= 4 is 15.6 Å². The van der Waals surface area contributed by atoms with E-state index in [4.69, 9.17) is 0 Å². The van der Waals surface area contributed by atoms with Gasteiger partial charge in [0, 0.05) is 30.7 Å². The summed E-state index contributed by atoms with van der Waals surface area (Å²) in [6.07, 6.45) is 5.63. The third-order valence-corrected chi connectivity index (χ3v) is 5.22. The summed E-state index contributed by atoms with van der Waals surface area (Å²) in [6.45, 7) is 0. The number of carbonyl (C=O) groups is 1. The summed E-state index contributed by atoms with van der Waals surface area (Å²) < 4.78 is 22.1. The summed E-state index contributed by atoms with van der Waals surface area (Å²) in [5.41, 5.74) is 0. The molecule has 98 valence electrons. The summed E-state index contributed by atoms with van der Waals surface area (Å²) in [7, 11) is -0.873. The summed E-state index contributed by atoms with van der Waals surface area (Å²) >= 11 is 0. The van der Waals surface area contributed by atoms with Crippen LogP contribution in [0.2, 0.25) is 0 Å². The summed E-state index contributed by atoms with van der Waals surface area (Å²) in [4.78, 5) is 14.4. The molecule has 2 unspecified atom stereocenters. The van der Waals surface area contributed by atoms with Crippen LogP contribution in [-0.4, -0.2) is 50.2 Å². The van der Waals surface area contributed by atoms with E-state index in [1.807, 2.05) is 0 Å². The molecule has 2 rings (SSSR count). The van der Waals surface area contributed by atoms with Crippen molar-refractivity contribution in [2.75, 3.05) is 19.1 Å². The third kappa shape index (κ3) is 3.07. The Hall–Kier alpha value is -0.420. The van der Waals surface area contributed by atoms with Gasteiger partial charge in [-0.2, -0.15) is 0 Å². The molecule has 2 aliphatic rings. The Morgan fingerprint density at radius 2 is 1.76 bits per heavy atom. The number of sulfone groups is 1. The SMILES string of the molecule is CN1C2CCC1CC(C(=O)CCS(C)(=O)=O)C2. The maximum Gasteiger partial charge on any atom is 0.147 e. The van der Waals surface area contributed by atoms with Gasteiger partial charge >= 0.3 is 0 Å². The first-order valence-corrected chi connectivity index (χ1v) is 8.35. The molecule has 0 N–H and O–H groups in total. The Kier molecular flexibility index (Phi) is 3.59. The Balaban J connectivity index is 1.90. The number of ketones is 1. The fraction of sp³-hybridized carbons (Fsp3) is 0.917. The van der Waals surface area contributed by atoms with Gasteiger partial charge in [0.05, 0.1) is 5.75 Å². The number of fused-ring (bicyclic) bond motifs is 2. The molecule has 2 heterocycles. The fourth-order valence-electron chi connectivity index (χ4n) is 3.16. The van der Waals surface area contributed by atoms with Gasteiger partial charge in [0.2, 0.25) is 0 Å². The second-order valence-electron chi connectivity index (χ2n) is 5.56. The third-order valence-electron chi connectivity index (χ3n) is 4.27. The average Bonchev–Trinajstić information content (AvgIpc) is 2.50. The van der Waals surface area contributed by atoms with E-state index in [9.17, 15) is 13.2 Å². The molecule has 4 nitrogen and oxygen atoms in total. The Morgan fingerprint density at radius 1 is 1.24 bits per heavy atom. The molecule has 2 atom stereocenters. The zero-order valence-corrected chi connectivity index (χ0v) is 11.4. The minimum Gasteiger partial charge on any atom is -0.300 e. The molecule has 5 heteroatoms. The van der Waals surface area contributed by atoms with Gasteiger partial charge in [0.25, 0.3) is 0 Å². The molecule has 2 aliphatic heterocycles. The highest BCUT2D eigenvalue weighted by molar-refractivity contribution is 7.90. The quantitative estimate of drug-likeness (QED) is 0.751. The van der Waals surface area contributed by atoms with Crippen LogP contribution in [0.4, 0.5) is 0 Å². The second-order valence-corrected chi connectivity index (χ2v) is 7.82. The Bertz CT molecular complexity index is 390. The highest BCUT2D eigenvalue weighted by atomic mass is 32.2. The van der Waals surface area contributed by atoms with Crippen molar-refractivity contribution in [3.05, 3.63) is 0 Å². The largest absolute Gasteiger partial charge is 0.300 e. The lowest BCUT2D eigenvalue weighted by molar-refractivity contribution is -0.124. The second kappa shape index (κ2) is 4.69. The van der Waals surface area contributed by atoms with Gasteiger partial charge in [-0.15, -0.1) is 0 Å². The molecular weight excluding hydrogens is 238 g/mol. The predicted octanol–water partition coefficient (Wildman–Crippen LogP) is 0.863. The number of nitrogens with zero attached hydrogens (tertiary/aromatic N) is 1. The molecule has 0 aromatic heterocycles. The molecule has 0 aliphatic carbocycles. The molecule has 0 saturated carbocycles. The zero-order valence-electron chi connectivity index (χ0n) is 10.6. The molecule has 2 saturated heterocycles. The first-order valence-electron chi connectivity index (χ1n) is 6.29. The molecule has 0 radical (unpaired) electrons. The summed E-state index contributed by atoms with van der Waals surface area (Å²) in [5, 5.41) is 0. The molecule has 0 aromatic rings. The lowest BCUT2D eigenvalue weighted by Gasteiger charge is -2.35. The molecule has 0 amide bonds. The van der Waals surface area contributed by atoms with Gasteiger partial charge < -0.3 is 4.90 Å². The van der Waals surface area contributed by atoms with Gasteiger partial charge in [0.1, 0.15) is 15.6 Å². The highest BCUT2D eigenvalue weighted by Gasteiger charge is 2.40. The van der Waals surface area contributed by atoms with Crippen LogP contribution in [0.5, 0.6) is 0 Å². The van der Waals surface area contributed by atoms with Gasteiger partial charge in [-0.25, -0.2) is 8.42 Å². The predicted molar refractivity (Wildman–Crippen MR) is 66.6 cm³/mol. The molecule has 0 spiro atoms. The molecule has 2 bridgehead atoms. The van der Waals surface area contributed by atoms with Crippen LogP contribution in [0, 0.1) is 5.92 Å². The van der Waals surface area contributed by atoms with E-state index in [2.05, 4.69) is 11.9 Å². The minimum atomic E-state index is -3.01. The number of hydrogen-bond acceptors (Lipinski definition) is 4. The number of carbonyl (C=O) groups excluding carboxylic acids is 1. The van der Waals surface area contributed by atoms with E-state index in [0.717, 1.165) is 12.8 Å². The van der Waals surface area contributed by atoms with Crippen LogP contribution < -0.4 is 0 Å². The van der Waals surface area contributed by atoms with Crippen molar-refractivity contribution < 1.29 is 13.2 Å². The van der Waals surface area contributed by atoms with Gasteiger partial charge in [-0.05, 0) is 32.7 Å². The van der Waals surface area contributed by atoms with E-state index < -0.39 is 9.84 Å². The topological polar surface area (TPSA) is 54.5 Å². The van der Waals surface area contributed by atoms with Crippen molar-refractivity contribution in [2.45, 2.75) is 44.2 Å². The Labute approximate surface area is 103 Å². The first-order chi connectivity index (χ1) is 7.87. The summed E-state index contributed by atoms with van der Waals surface area (Å²) in [6, 6.07) is 1.09. The fourth-order valence-corrected chi connectivity index (χ4v) is 3.74. The molecule has 2 fully saturated rings.